The molecule has 7 heteroatoms. The van der Waals surface area contributed by atoms with Crippen LogP contribution in [0.1, 0.15) is 56.7 Å². The number of benzene rings is 1. The van der Waals surface area contributed by atoms with Crippen LogP contribution in [0.4, 0.5) is 17.6 Å². The number of allylic oxidation sites excluding steroid dienone is 2. The first-order valence-electron chi connectivity index (χ1n) is 12.3. The minimum absolute atomic E-state index is 0.0459. The molecule has 4 aliphatic rings. The molecule has 4 aliphatic carbocycles. The first kappa shape index (κ1) is 22.1. The van der Waals surface area contributed by atoms with Crippen LogP contribution < -0.4 is 5.32 Å². The minimum Gasteiger partial charge on any atom is -0.310 e. The molecule has 2 fully saturated rings. The Morgan fingerprint density at radius 3 is 2.56 bits per heavy atom. The molecule has 0 unspecified atom stereocenters. The van der Waals surface area contributed by atoms with Crippen LogP contribution in [-0.2, 0) is 6.42 Å². The normalized spacial score (nSPS) is 31.0. The summed E-state index contributed by atoms with van der Waals surface area (Å²) in [7, 11) is 0. The molecular weight excluding hydrogens is 442 g/mol. The van der Waals surface area contributed by atoms with E-state index in [1.165, 1.54) is 23.3 Å². The van der Waals surface area contributed by atoms with Gasteiger partial charge in [0.15, 0.2) is 0 Å². The molecule has 34 heavy (non-hydrogen) atoms. The Balaban J connectivity index is 1.36. The maximum absolute atomic E-state index is 14.0. The lowest BCUT2D eigenvalue weighted by atomic mass is 9.55. The third-order valence-electron chi connectivity index (χ3n) is 8.69. The van der Waals surface area contributed by atoms with E-state index in [4.69, 9.17) is 0 Å². The van der Waals surface area contributed by atoms with Crippen LogP contribution in [0.3, 0.4) is 0 Å². The number of halogens is 4. The van der Waals surface area contributed by atoms with E-state index < -0.39 is 18.1 Å². The van der Waals surface area contributed by atoms with Gasteiger partial charge in [-0.05, 0) is 80.3 Å². The number of alkyl halides is 3. The Bertz CT molecular complexity index is 1160. The largest absolute Gasteiger partial charge is 0.393 e. The molecule has 2 aromatic rings. The predicted octanol–water partition coefficient (Wildman–Crippen LogP) is 6.39. The first-order valence-corrected chi connectivity index (χ1v) is 12.3. The zero-order valence-electron chi connectivity index (χ0n) is 19.2. The number of rotatable bonds is 3. The van der Waals surface area contributed by atoms with Crippen LogP contribution in [0, 0.1) is 23.1 Å². The summed E-state index contributed by atoms with van der Waals surface area (Å²) in [5.74, 6) is -1.71. The molecule has 4 atom stereocenters. The molecule has 0 radical (unpaired) electrons. The third kappa shape index (κ3) is 3.46. The Labute approximate surface area is 196 Å². The second-order valence-electron chi connectivity index (χ2n) is 10.6. The SMILES string of the molecule is C[C@]12Cc3cnn(-c4ccc(F)cc4)c3C=C1CC[C@H]1C2=CC[C@@H](C(F)(F)F)[C@@H]1NC1CCC1. The average molecular weight is 472 g/mol. The maximum atomic E-state index is 14.0. The summed E-state index contributed by atoms with van der Waals surface area (Å²) in [6.07, 6.45) is 7.06. The van der Waals surface area contributed by atoms with Crippen LogP contribution in [0.15, 0.2) is 47.7 Å². The molecule has 6 rings (SSSR count). The van der Waals surface area contributed by atoms with Crippen LogP contribution >= 0.6 is 0 Å². The van der Waals surface area contributed by atoms with E-state index in [-0.39, 0.29) is 29.6 Å². The van der Waals surface area contributed by atoms with Gasteiger partial charge in [-0.3, -0.25) is 0 Å². The van der Waals surface area contributed by atoms with Gasteiger partial charge in [0.25, 0.3) is 0 Å². The lowest BCUT2D eigenvalue weighted by molar-refractivity contribution is -0.188. The summed E-state index contributed by atoms with van der Waals surface area (Å²) in [6, 6.07) is 5.94. The summed E-state index contributed by atoms with van der Waals surface area (Å²) in [6.45, 7) is 2.20. The number of aromatic nitrogens is 2. The smallest absolute Gasteiger partial charge is 0.310 e. The third-order valence-corrected chi connectivity index (χ3v) is 8.69. The first-order chi connectivity index (χ1) is 16.2. The van der Waals surface area contributed by atoms with Crippen molar-refractivity contribution >= 4 is 6.08 Å². The maximum Gasteiger partial charge on any atom is 0.393 e. The van der Waals surface area contributed by atoms with Crippen LogP contribution in [0.5, 0.6) is 0 Å². The molecule has 2 saturated carbocycles. The van der Waals surface area contributed by atoms with E-state index in [9.17, 15) is 17.6 Å². The highest BCUT2D eigenvalue weighted by molar-refractivity contribution is 5.63. The van der Waals surface area contributed by atoms with Crippen LogP contribution in [0.2, 0.25) is 0 Å². The minimum atomic E-state index is -4.20. The zero-order chi connectivity index (χ0) is 23.7. The fourth-order valence-corrected chi connectivity index (χ4v) is 6.65. The van der Waals surface area contributed by atoms with Gasteiger partial charge in [-0.1, -0.05) is 30.6 Å². The van der Waals surface area contributed by atoms with Gasteiger partial charge in [-0.2, -0.15) is 18.3 Å². The van der Waals surface area contributed by atoms with Gasteiger partial charge in [-0.15, -0.1) is 0 Å². The van der Waals surface area contributed by atoms with Crippen molar-refractivity contribution in [3.05, 3.63) is 64.8 Å². The van der Waals surface area contributed by atoms with Crippen molar-refractivity contribution in [1.29, 1.82) is 0 Å². The van der Waals surface area contributed by atoms with Gasteiger partial charge in [0, 0.05) is 17.5 Å². The molecule has 0 bridgehead atoms. The van der Waals surface area contributed by atoms with Crippen LogP contribution in [0.25, 0.3) is 11.8 Å². The Morgan fingerprint density at radius 2 is 1.88 bits per heavy atom. The summed E-state index contributed by atoms with van der Waals surface area (Å²) in [4.78, 5) is 0. The number of nitrogens with one attached hydrogen (secondary N) is 1. The van der Waals surface area contributed by atoms with Gasteiger partial charge in [0.05, 0.1) is 23.5 Å². The molecule has 3 nitrogen and oxygen atoms in total. The summed E-state index contributed by atoms with van der Waals surface area (Å²) in [5, 5.41) is 8.02. The second kappa shape index (κ2) is 7.80. The fraction of sp³-hybridized carbons (Fsp3) is 0.519. The van der Waals surface area contributed by atoms with E-state index in [0.29, 0.717) is 0 Å². The van der Waals surface area contributed by atoms with Crippen molar-refractivity contribution in [3.8, 4) is 5.69 Å². The highest BCUT2D eigenvalue weighted by atomic mass is 19.4. The molecule has 1 aromatic heterocycles. The number of fused-ring (bicyclic) bond motifs is 4. The highest BCUT2D eigenvalue weighted by Crippen LogP contribution is 2.57. The molecule has 0 aliphatic heterocycles. The highest BCUT2D eigenvalue weighted by Gasteiger charge is 2.54. The van der Waals surface area contributed by atoms with Crippen molar-refractivity contribution in [2.45, 2.75) is 70.1 Å². The molecule has 0 amide bonds. The van der Waals surface area contributed by atoms with Crippen molar-refractivity contribution in [2.75, 3.05) is 0 Å². The summed E-state index contributed by atoms with van der Waals surface area (Å²) >= 11 is 0. The van der Waals surface area contributed by atoms with Crippen LogP contribution in [-0.4, -0.2) is 28.0 Å². The Kier molecular flexibility index (Phi) is 5.07. The Hall–Kier alpha value is -2.41. The lowest BCUT2D eigenvalue weighted by Crippen LogP contribution is -2.57. The molecular formula is C27H29F4N3. The van der Waals surface area contributed by atoms with Crippen molar-refractivity contribution in [1.82, 2.24) is 15.1 Å². The van der Waals surface area contributed by atoms with E-state index in [2.05, 4.69) is 23.4 Å². The average Bonchev–Trinajstić information content (AvgIpc) is 3.16. The van der Waals surface area contributed by atoms with Crippen molar-refractivity contribution < 1.29 is 17.6 Å². The summed E-state index contributed by atoms with van der Waals surface area (Å²) < 4.78 is 57.3. The molecule has 0 spiro atoms. The number of nitrogens with zero attached hydrogens (tertiary/aromatic N) is 2. The van der Waals surface area contributed by atoms with Gasteiger partial charge >= 0.3 is 6.18 Å². The summed E-state index contributed by atoms with van der Waals surface area (Å²) in [5.41, 5.74) is 5.01. The quantitative estimate of drug-likeness (QED) is 0.416. The van der Waals surface area contributed by atoms with Crippen molar-refractivity contribution in [3.63, 3.8) is 0 Å². The van der Waals surface area contributed by atoms with E-state index >= 15 is 0 Å². The topological polar surface area (TPSA) is 29.9 Å². The van der Waals surface area contributed by atoms with Gasteiger partial charge < -0.3 is 5.32 Å². The standard InChI is InChI=1S/C27H29F4N3/c1-26-14-16-15-32-34(20-8-6-18(28)7-9-20)24(16)13-17(26)5-10-21-22(26)11-12-23(27(29,30)31)25(21)33-19-3-2-4-19/h6-9,11,13,15,19,21,23,25,33H,2-5,10,12,14H2,1H3/t21-,23+,25+,26-/m0/s1. The lowest BCUT2D eigenvalue weighted by Gasteiger charge is -2.52. The van der Waals surface area contributed by atoms with Gasteiger partial charge in [-0.25, -0.2) is 9.07 Å². The molecule has 1 aromatic carbocycles. The predicted molar refractivity (Wildman–Crippen MR) is 123 cm³/mol. The fourth-order valence-electron chi connectivity index (χ4n) is 6.65. The molecule has 180 valence electrons. The van der Waals surface area contributed by atoms with Gasteiger partial charge in [0.2, 0.25) is 0 Å². The molecule has 1 heterocycles. The Morgan fingerprint density at radius 1 is 1.12 bits per heavy atom. The number of hydrogen-bond acceptors (Lipinski definition) is 2. The number of hydrogen-bond donors (Lipinski definition) is 1. The van der Waals surface area contributed by atoms with E-state index in [1.54, 1.807) is 12.1 Å². The second-order valence-corrected chi connectivity index (χ2v) is 10.6. The molecule has 1 N–H and O–H groups in total. The van der Waals surface area contributed by atoms with Gasteiger partial charge in [0.1, 0.15) is 5.82 Å². The zero-order valence-corrected chi connectivity index (χ0v) is 19.2. The molecule has 0 saturated heterocycles. The van der Waals surface area contributed by atoms with E-state index in [1.807, 2.05) is 17.0 Å². The monoisotopic (exact) mass is 471 g/mol. The van der Waals surface area contributed by atoms with Crippen molar-refractivity contribution in [2.24, 2.45) is 17.3 Å². The van der Waals surface area contributed by atoms with E-state index in [0.717, 1.165) is 55.5 Å².